The summed E-state index contributed by atoms with van der Waals surface area (Å²) in [6.45, 7) is 10.2. The SMILES string of the molecule is C=CC.C=CC(=O)ONC(=O)OCC. The van der Waals surface area contributed by atoms with Crippen molar-refractivity contribution in [1.29, 1.82) is 0 Å². The lowest BCUT2D eigenvalue weighted by atomic mass is 10.7. The molecule has 0 aliphatic carbocycles. The molecule has 1 amide bonds. The maximum Gasteiger partial charge on any atom is 0.440 e. The van der Waals surface area contributed by atoms with E-state index in [1.54, 1.807) is 18.5 Å². The van der Waals surface area contributed by atoms with E-state index in [0.717, 1.165) is 6.08 Å². The van der Waals surface area contributed by atoms with Crippen LogP contribution in [-0.2, 0) is 14.4 Å². The van der Waals surface area contributed by atoms with Crippen LogP contribution in [0.1, 0.15) is 13.8 Å². The number of allylic oxidation sites excluding steroid dienone is 1. The number of carbonyl (C=O) groups is 2. The van der Waals surface area contributed by atoms with E-state index >= 15 is 0 Å². The number of carbonyl (C=O) groups excluding carboxylic acids is 2. The van der Waals surface area contributed by atoms with Crippen LogP contribution in [0.2, 0.25) is 0 Å². The number of hydrogen-bond donors (Lipinski definition) is 1. The van der Waals surface area contributed by atoms with Crippen LogP contribution in [0.5, 0.6) is 0 Å². The molecule has 0 rings (SSSR count). The van der Waals surface area contributed by atoms with Crippen LogP contribution in [0.3, 0.4) is 0 Å². The Morgan fingerprint density at radius 3 is 2.29 bits per heavy atom. The van der Waals surface area contributed by atoms with Crippen LogP contribution in [0.25, 0.3) is 0 Å². The third-order valence-electron chi connectivity index (χ3n) is 0.677. The zero-order chi connectivity index (χ0) is 11.4. The number of ether oxygens (including phenoxy) is 1. The van der Waals surface area contributed by atoms with Gasteiger partial charge in [-0.05, 0) is 13.8 Å². The summed E-state index contributed by atoms with van der Waals surface area (Å²) in [6.07, 6.45) is 1.87. The first-order chi connectivity index (χ1) is 6.62. The van der Waals surface area contributed by atoms with Crippen molar-refractivity contribution >= 4 is 12.1 Å². The lowest BCUT2D eigenvalue weighted by Crippen LogP contribution is -2.26. The summed E-state index contributed by atoms with van der Waals surface area (Å²) >= 11 is 0. The second-order valence-corrected chi connectivity index (χ2v) is 1.86. The van der Waals surface area contributed by atoms with E-state index < -0.39 is 12.1 Å². The fourth-order valence-electron chi connectivity index (χ4n) is 0.294. The summed E-state index contributed by atoms with van der Waals surface area (Å²) in [6, 6.07) is 0. The summed E-state index contributed by atoms with van der Waals surface area (Å²) < 4.78 is 4.38. The van der Waals surface area contributed by atoms with Gasteiger partial charge in [-0.15, -0.1) is 12.1 Å². The molecule has 0 fully saturated rings. The lowest BCUT2D eigenvalue weighted by Gasteiger charge is -2.02. The minimum atomic E-state index is -0.803. The summed E-state index contributed by atoms with van der Waals surface area (Å²) in [4.78, 5) is 24.9. The van der Waals surface area contributed by atoms with Crippen LogP contribution < -0.4 is 5.48 Å². The molecule has 0 aromatic heterocycles. The predicted molar refractivity (Wildman–Crippen MR) is 52.3 cm³/mol. The van der Waals surface area contributed by atoms with Crippen LogP contribution >= 0.6 is 0 Å². The first-order valence-corrected chi connectivity index (χ1v) is 3.95. The predicted octanol–water partition coefficient (Wildman–Crippen LogP) is 1.57. The highest BCUT2D eigenvalue weighted by Gasteiger charge is 2.01. The second kappa shape index (κ2) is 11.2. The van der Waals surface area contributed by atoms with Gasteiger partial charge < -0.3 is 9.57 Å². The Hall–Kier alpha value is -1.78. The molecule has 0 unspecified atom stereocenters. The number of nitrogens with one attached hydrogen (secondary N) is 1. The highest BCUT2D eigenvalue weighted by molar-refractivity contribution is 5.82. The van der Waals surface area contributed by atoms with Gasteiger partial charge in [-0.25, -0.2) is 9.59 Å². The van der Waals surface area contributed by atoms with Crippen molar-refractivity contribution in [2.45, 2.75) is 13.8 Å². The molecule has 0 saturated heterocycles. The van der Waals surface area contributed by atoms with Gasteiger partial charge in [-0.1, -0.05) is 12.7 Å². The van der Waals surface area contributed by atoms with E-state index in [-0.39, 0.29) is 6.61 Å². The minimum Gasteiger partial charge on any atom is -0.448 e. The standard InChI is InChI=1S/C6H9NO4.C3H6/c1-3-5(8)11-7-6(9)10-4-2;1-3-2/h3H,1,4H2,2H3,(H,7,9);3H,1H2,2H3. The summed E-state index contributed by atoms with van der Waals surface area (Å²) in [5, 5.41) is 0. The average molecular weight is 201 g/mol. The van der Waals surface area contributed by atoms with Crippen molar-refractivity contribution in [3.05, 3.63) is 25.3 Å². The van der Waals surface area contributed by atoms with Crippen LogP contribution in [0.15, 0.2) is 25.3 Å². The monoisotopic (exact) mass is 201 g/mol. The second-order valence-electron chi connectivity index (χ2n) is 1.86. The lowest BCUT2D eigenvalue weighted by molar-refractivity contribution is -0.143. The van der Waals surface area contributed by atoms with Gasteiger partial charge in [0.1, 0.15) is 0 Å². The highest BCUT2D eigenvalue weighted by atomic mass is 16.7. The molecule has 0 aliphatic rings. The molecule has 0 bridgehead atoms. The average Bonchev–Trinajstić information content (AvgIpc) is 2.16. The fraction of sp³-hybridized carbons (Fsp3) is 0.333. The third kappa shape index (κ3) is 12.9. The fourth-order valence-corrected chi connectivity index (χ4v) is 0.294. The summed E-state index contributed by atoms with van der Waals surface area (Å²) in [5.41, 5.74) is 1.75. The van der Waals surface area contributed by atoms with Gasteiger partial charge in [-0.2, -0.15) is 0 Å². The smallest absolute Gasteiger partial charge is 0.440 e. The molecule has 0 saturated carbocycles. The first-order valence-electron chi connectivity index (χ1n) is 3.95. The molecule has 5 nitrogen and oxygen atoms in total. The van der Waals surface area contributed by atoms with Crippen LogP contribution in [0, 0.1) is 0 Å². The van der Waals surface area contributed by atoms with Crippen LogP contribution in [0.4, 0.5) is 4.79 Å². The normalized spacial score (nSPS) is 7.29. The maximum atomic E-state index is 10.4. The molecule has 80 valence electrons. The number of amides is 1. The Kier molecular flexibility index (Phi) is 11.8. The largest absolute Gasteiger partial charge is 0.448 e. The first kappa shape index (κ1) is 14.7. The quantitative estimate of drug-likeness (QED) is 0.418. The van der Waals surface area contributed by atoms with Crippen molar-refractivity contribution in [3.8, 4) is 0 Å². The van der Waals surface area contributed by atoms with Gasteiger partial charge in [0.15, 0.2) is 0 Å². The number of rotatable bonds is 2. The van der Waals surface area contributed by atoms with Crippen LogP contribution in [-0.4, -0.2) is 18.7 Å². The number of hydrogen-bond acceptors (Lipinski definition) is 4. The van der Waals surface area contributed by atoms with Crippen molar-refractivity contribution < 1.29 is 19.2 Å². The molecule has 0 aromatic rings. The van der Waals surface area contributed by atoms with Gasteiger partial charge >= 0.3 is 12.1 Å². The van der Waals surface area contributed by atoms with Gasteiger partial charge in [0.2, 0.25) is 0 Å². The van der Waals surface area contributed by atoms with Crippen molar-refractivity contribution in [1.82, 2.24) is 5.48 Å². The Morgan fingerprint density at radius 1 is 1.43 bits per heavy atom. The highest BCUT2D eigenvalue weighted by Crippen LogP contribution is 1.78. The molecule has 5 heteroatoms. The van der Waals surface area contributed by atoms with Crippen molar-refractivity contribution in [2.75, 3.05) is 6.61 Å². The summed E-state index contributed by atoms with van der Waals surface area (Å²) in [7, 11) is 0. The molecular weight excluding hydrogens is 186 g/mol. The Morgan fingerprint density at radius 2 is 1.93 bits per heavy atom. The van der Waals surface area contributed by atoms with E-state index in [4.69, 9.17) is 0 Å². The van der Waals surface area contributed by atoms with Crippen molar-refractivity contribution in [3.63, 3.8) is 0 Å². The molecule has 0 radical (unpaired) electrons. The molecule has 1 N–H and O–H groups in total. The van der Waals surface area contributed by atoms with Gasteiger partial charge in [-0.3, -0.25) is 0 Å². The maximum absolute atomic E-state index is 10.4. The zero-order valence-corrected chi connectivity index (χ0v) is 8.41. The summed E-state index contributed by atoms with van der Waals surface area (Å²) in [5.74, 6) is -0.738. The Balaban J connectivity index is 0. The molecule has 0 aromatic carbocycles. The molecule has 0 atom stereocenters. The zero-order valence-electron chi connectivity index (χ0n) is 8.41. The topological polar surface area (TPSA) is 64.6 Å². The van der Waals surface area contributed by atoms with Gasteiger partial charge in [0, 0.05) is 6.08 Å². The third-order valence-corrected chi connectivity index (χ3v) is 0.677. The van der Waals surface area contributed by atoms with Gasteiger partial charge in [0.25, 0.3) is 0 Å². The van der Waals surface area contributed by atoms with E-state index in [9.17, 15) is 9.59 Å². The van der Waals surface area contributed by atoms with Crippen molar-refractivity contribution in [2.24, 2.45) is 0 Å². The van der Waals surface area contributed by atoms with E-state index in [1.807, 2.05) is 6.92 Å². The minimum absolute atomic E-state index is 0.220. The van der Waals surface area contributed by atoms with E-state index in [1.165, 1.54) is 0 Å². The van der Waals surface area contributed by atoms with E-state index in [2.05, 4.69) is 22.7 Å². The Bertz CT molecular complexity index is 201. The number of hydroxylamine groups is 1. The molecule has 14 heavy (non-hydrogen) atoms. The molecular formula is C9H15NO4. The molecule has 0 spiro atoms. The molecule has 0 aliphatic heterocycles. The van der Waals surface area contributed by atoms with Gasteiger partial charge in [0.05, 0.1) is 6.61 Å². The van der Waals surface area contributed by atoms with E-state index in [0.29, 0.717) is 0 Å². The molecule has 0 heterocycles. The Labute approximate surface area is 83.3 Å².